The van der Waals surface area contributed by atoms with Crippen molar-refractivity contribution in [2.45, 2.75) is 46.5 Å². The summed E-state index contributed by atoms with van der Waals surface area (Å²) in [6, 6.07) is 6.96. The number of ketones is 1. The lowest BCUT2D eigenvalue weighted by atomic mass is 9.68. The van der Waals surface area contributed by atoms with E-state index < -0.39 is 11.9 Å². The Balaban J connectivity index is 1.98. The number of esters is 1. The number of rotatable bonds is 3. The van der Waals surface area contributed by atoms with Gasteiger partial charge in [0.2, 0.25) is 0 Å². The van der Waals surface area contributed by atoms with E-state index in [1.165, 1.54) is 6.26 Å². The molecule has 2 aliphatic rings. The van der Waals surface area contributed by atoms with Crippen molar-refractivity contribution in [1.29, 1.82) is 0 Å². The van der Waals surface area contributed by atoms with E-state index in [4.69, 9.17) is 9.15 Å². The molecular formula is C24H25NO5. The zero-order chi connectivity index (χ0) is 21.6. The zero-order valence-corrected chi connectivity index (χ0v) is 17.6. The van der Waals surface area contributed by atoms with Gasteiger partial charge >= 0.3 is 5.97 Å². The normalized spacial score (nSPS) is 20.8. The molecule has 30 heavy (non-hydrogen) atoms. The van der Waals surface area contributed by atoms with Gasteiger partial charge in [-0.1, -0.05) is 26.0 Å². The first kappa shape index (κ1) is 20.1. The molecule has 6 nitrogen and oxygen atoms in total. The highest BCUT2D eigenvalue weighted by atomic mass is 16.5. The van der Waals surface area contributed by atoms with Gasteiger partial charge < -0.3 is 14.5 Å². The quantitative estimate of drug-likeness (QED) is 0.775. The molecule has 1 aliphatic carbocycles. The second-order valence-corrected chi connectivity index (χ2v) is 8.67. The first-order valence-corrected chi connectivity index (χ1v) is 10.1. The summed E-state index contributed by atoms with van der Waals surface area (Å²) in [5.41, 5.74) is 2.39. The van der Waals surface area contributed by atoms with Gasteiger partial charge in [-0.25, -0.2) is 4.79 Å². The summed E-state index contributed by atoms with van der Waals surface area (Å²) in [6.07, 6.45) is 2.37. The molecule has 1 aromatic heterocycles. The molecule has 0 radical (unpaired) electrons. The van der Waals surface area contributed by atoms with Crippen LogP contribution in [-0.2, 0) is 14.3 Å². The highest BCUT2D eigenvalue weighted by Gasteiger charge is 2.44. The monoisotopic (exact) mass is 407 g/mol. The van der Waals surface area contributed by atoms with E-state index in [2.05, 4.69) is 5.32 Å². The SMILES string of the molecule is CCOC(=O)C1=C(C)NC2=C(C(=O)CC(C)(C)C2)[C@H]1c1coc2ccccc2c1=O. The van der Waals surface area contributed by atoms with Gasteiger partial charge in [0.1, 0.15) is 5.58 Å². The fourth-order valence-corrected chi connectivity index (χ4v) is 4.52. The van der Waals surface area contributed by atoms with Crippen molar-refractivity contribution in [3.8, 4) is 0 Å². The van der Waals surface area contributed by atoms with Crippen LogP contribution in [0, 0.1) is 5.41 Å². The maximum absolute atomic E-state index is 13.4. The zero-order valence-electron chi connectivity index (χ0n) is 17.6. The number of hydrogen-bond donors (Lipinski definition) is 1. The molecule has 0 bridgehead atoms. The van der Waals surface area contributed by atoms with Crippen LogP contribution >= 0.6 is 0 Å². The van der Waals surface area contributed by atoms with Crippen molar-refractivity contribution in [1.82, 2.24) is 5.32 Å². The van der Waals surface area contributed by atoms with E-state index in [0.717, 1.165) is 5.70 Å². The second kappa shape index (κ2) is 7.27. The molecule has 156 valence electrons. The van der Waals surface area contributed by atoms with Gasteiger partial charge in [0, 0.05) is 29.0 Å². The van der Waals surface area contributed by atoms with Gasteiger partial charge in [-0.3, -0.25) is 9.59 Å². The number of Topliss-reactive ketones (excluding diaryl/α,β-unsaturated/α-hetero) is 1. The van der Waals surface area contributed by atoms with Crippen LogP contribution in [0.1, 0.15) is 52.0 Å². The summed E-state index contributed by atoms with van der Waals surface area (Å²) >= 11 is 0. The average Bonchev–Trinajstić information content (AvgIpc) is 2.66. The molecule has 0 spiro atoms. The molecule has 1 atom stereocenters. The third-order valence-corrected chi connectivity index (χ3v) is 5.75. The van der Waals surface area contributed by atoms with Crippen LogP contribution in [0.15, 0.2) is 62.3 Å². The van der Waals surface area contributed by atoms with Crippen LogP contribution in [0.25, 0.3) is 11.0 Å². The highest BCUT2D eigenvalue weighted by Crippen LogP contribution is 2.46. The average molecular weight is 407 g/mol. The van der Waals surface area contributed by atoms with Crippen LogP contribution in [0.2, 0.25) is 0 Å². The number of dihydropyridines is 1. The summed E-state index contributed by atoms with van der Waals surface area (Å²) in [5, 5.41) is 3.67. The van der Waals surface area contributed by atoms with E-state index in [1.807, 2.05) is 13.8 Å². The molecule has 0 saturated heterocycles. The Bertz CT molecular complexity index is 1180. The Labute approximate surface area is 174 Å². The summed E-state index contributed by atoms with van der Waals surface area (Å²) in [4.78, 5) is 39.5. The van der Waals surface area contributed by atoms with Crippen LogP contribution in [-0.4, -0.2) is 18.4 Å². The summed E-state index contributed by atoms with van der Waals surface area (Å²) in [5.74, 6) is -1.42. The number of para-hydroxylation sites is 1. The Morgan fingerprint density at radius 2 is 1.97 bits per heavy atom. The second-order valence-electron chi connectivity index (χ2n) is 8.67. The Morgan fingerprint density at radius 1 is 1.23 bits per heavy atom. The van der Waals surface area contributed by atoms with Crippen LogP contribution in [0.5, 0.6) is 0 Å². The maximum atomic E-state index is 13.4. The molecule has 0 fully saturated rings. The molecule has 2 aromatic rings. The molecule has 1 aromatic carbocycles. The minimum Gasteiger partial charge on any atom is -0.464 e. The molecule has 0 saturated carbocycles. The van der Waals surface area contributed by atoms with E-state index in [1.54, 1.807) is 38.1 Å². The predicted octanol–water partition coefficient (Wildman–Crippen LogP) is 3.96. The van der Waals surface area contributed by atoms with Gasteiger partial charge in [-0.15, -0.1) is 0 Å². The van der Waals surface area contributed by atoms with Gasteiger partial charge in [0.25, 0.3) is 0 Å². The maximum Gasteiger partial charge on any atom is 0.336 e. The molecular weight excluding hydrogens is 382 g/mol. The number of nitrogens with one attached hydrogen (secondary N) is 1. The first-order chi connectivity index (χ1) is 14.2. The Morgan fingerprint density at radius 3 is 2.70 bits per heavy atom. The lowest BCUT2D eigenvalue weighted by Crippen LogP contribution is -2.39. The van der Waals surface area contributed by atoms with E-state index >= 15 is 0 Å². The number of carbonyl (C=O) groups is 2. The van der Waals surface area contributed by atoms with Gasteiger partial charge in [-0.05, 0) is 37.8 Å². The number of benzene rings is 1. The number of hydrogen-bond acceptors (Lipinski definition) is 6. The largest absolute Gasteiger partial charge is 0.464 e. The van der Waals surface area contributed by atoms with E-state index in [-0.39, 0.29) is 34.4 Å². The standard InChI is InChI=1S/C24H25NO5/c1-5-29-23(28)19-13(2)25-16-10-24(3,4)11-17(26)21(16)20(19)15-12-30-18-9-7-6-8-14(18)22(15)27/h6-9,12,20,25H,5,10-11H2,1-4H3/t20-/m0/s1. The Hall–Kier alpha value is -3.15. The minimum absolute atomic E-state index is 0.0689. The van der Waals surface area contributed by atoms with Crippen LogP contribution in [0.3, 0.4) is 0 Å². The van der Waals surface area contributed by atoms with E-state index in [0.29, 0.717) is 35.1 Å². The van der Waals surface area contributed by atoms with Gasteiger partial charge in [0.05, 0.1) is 29.7 Å². The number of carbonyl (C=O) groups excluding carboxylic acids is 2. The number of allylic oxidation sites excluding steroid dienone is 3. The lowest BCUT2D eigenvalue weighted by molar-refractivity contribution is -0.138. The molecule has 0 unspecified atom stereocenters. The predicted molar refractivity (Wildman–Crippen MR) is 113 cm³/mol. The van der Waals surface area contributed by atoms with Crippen molar-refractivity contribution in [3.63, 3.8) is 0 Å². The highest BCUT2D eigenvalue weighted by molar-refractivity contribution is 6.04. The number of ether oxygens (including phenoxy) is 1. The lowest BCUT2D eigenvalue weighted by Gasteiger charge is -2.39. The van der Waals surface area contributed by atoms with Gasteiger partial charge in [0.15, 0.2) is 11.2 Å². The van der Waals surface area contributed by atoms with Crippen LogP contribution < -0.4 is 10.7 Å². The summed E-state index contributed by atoms with van der Waals surface area (Å²) in [7, 11) is 0. The number of fused-ring (bicyclic) bond motifs is 1. The van der Waals surface area contributed by atoms with Crippen LogP contribution in [0.4, 0.5) is 0 Å². The minimum atomic E-state index is -0.815. The first-order valence-electron chi connectivity index (χ1n) is 10.1. The third kappa shape index (κ3) is 3.26. The fourth-order valence-electron chi connectivity index (χ4n) is 4.52. The molecule has 1 aliphatic heterocycles. The molecule has 1 N–H and O–H groups in total. The molecule has 0 amide bonds. The van der Waals surface area contributed by atoms with Crippen molar-refractivity contribution in [3.05, 3.63) is 68.9 Å². The van der Waals surface area contributed by atoms with Crippen molar-refractivity contribution >= 4 is 22.7 Å². The van der Waals surface area contributed by atoms with Crippen molar-refractivity contribution in [2.24, 2.45) is 5.41 Å². The topological polar surface area (TPSA) is 85.6 Å². The van der Waals surface area contributed by atoms with Gasteiger partial charge in [-0.2, -0.15) is 0 Å². The molecule has 6 heteroatoms. The van der Waals surface area contributed by atoms with Crippen molar-refractivity contribution < 1.29 is 18.7 Å². The molecule has 4 rings (SSSR count). The summed E-state index contributed by atoms with van der Waals surface area (Å²) in [6.45, 7) is 7.77. The molecule has 2 heterocycles. The summed E-state index contributed by atoms with van der Waals surface area (Å²) < 4.78 is 11.0. The fraction of sp³-hybridized carbons (Fsp3) is 0.375. The third-order valence-electron chi connectivity index (χ3n) is 5.75. The smallest absolute Gasteiger partial charge is 0.336 e. The Kier molecular flexibility index (Phi) is 4.88. The van der Waals surface area contributed by atoms with Crippen molar-refractivity contribution in [2.75, 3.05) is 6.61 Å². The van der Waals surface area contributed by atoms with E-state index in [9.17, 15) is 14.4 Å².